The summed E-state index contributed by atoms with van der Waals surface area (Å²) in [4.78, 5) is 42.0. The van der Waals surface area contributed by atoms with Gasteiger partial charge >= 0.3 is 0 Å². The van der Waals surface area contributed by atoms with Crippen molar-refractivity contribution in [2.45, 2.75) is 122 Å². The molecule has 4 aliphatic carbocycles. The number of imide groups is 1. The molecule has 7 nitrogen and oxygen atoms in total. The van der Waals surface area contributed by atoms with E-state index >= 15 is 0 Å². The lowest BCUT2D eigenvalue weighted by Crippen LogP contribution is -2.54. The van der Waals surface area contributed by atoms with Crippen LogP contribution in [0.15, 0.2) is 23.0 Å². The Morgan fingerprint density at radius 2 is 1.63 bits per heavy atom. The second kappa shape index (κ2) is 12.0. The zero-order valence-electron chi connectivity index (χ0n) is 25.1. The summed E-state index contributed by atoms with van der Waals surface area (Å²) in [5.41, 5.74) is 2.20. The van der Waals surface area contributed by atoms with Crippen LogP contribution in [-0.4, -0.2) is 34.0 Å². The predicted molar refractivity (Wildman–Crippen MR) is 162 cm³/mol. The molecule has 2 aromatic rings. The number of nitrogens with one attached hydrogen (secondary N) is 2. The number of benzene rings is 1. The summed E-state index contributed by atoms with van der Waals surface area (Å²) < 4.78 is 1.46. The zero-order valence-corrected chi connectivity index (χ0v) is 25.1. The number of fused-ring (bicyclic) bond motifs is 1. The smallest absolute Gasteiger partial charge is 0.262 e. The van der Waals surface area contributed by atoms with E-state index in [1.54, 1.807) is 6.92 Å². The van der Waals surface area contributed by atoms with Gasteiger partial charge in [-0.1, -0.05) is 31.7 Å². The second-order valence-corrected chi connectivity index (χ2v) is 14.0. The Hall–Kier alpha value is -2.54. The van der Waals surface area contributed by atoms with Crippen LogP contribution in [0.5, 0.6) is 0 Å². The Labute approximate surface area is 244 Å². The lowest BCUT2D eigenvalue weighted by molar-refractivity contribution is -0.135. The molecule has 41 heavy (non-hydrogen) atoms. The number of rotatable bonds is 12. The van der Waals surface area contributed by atoms with Crippen molar-refractivity contribution in [3.63, 3.8) is 0 Å². The SMILES string of the molecule is Cc1nc2ccc(CCCCCCCCNC(C)C34CC5CC(CC(C5)C3)C4)cc2c(=O)n1C1CCC(=O)NC1=O. The average Bonchev–Trinajstić information content (AvgIpc) is 2.92. The molecule has 2 N–H and O–H groups in total. The van der Waals surface area contributed by atoms with Crippen molar-refractivity contribution in [2.24, 2.45) is 23.2 Å². The van der Waals surface area contributed by atoms with E-state index < -0.39 is 11.9 Å². The summed E-state index contributed by atoms with van der Waals surface area (Å²) in [5, 5.41) is 6.85. The molecule has 2 heterocycles. The fourth-order valence-corrected chi connectivity index (χ4v) is 9.21. The first kappa shape index (κ1) is 28.6. The molecule has 2 amide bonds. The quantitative estimate of drug-likeness (QED) is 0.254. The summed E-state index contributed by atoms with van der Waals surface area (Å²) in [6, 6.07) is 5.93. The lowest BCUT2D eigenvalue weighted by atomic mass is 9.48. The van der Waals surface area contributed by atoms with Gasteiger partial charge in [0, 0.05) is 12.5 Å². The van der Waals surface area contributed by atoms with Gasteiger partial charge in [0.25, 0.3) is 5.56 Å². The fourth-order valence-electron chi connectivity index (χ4n) is 9.21. The largest absolute Gasteiger partial charge is 0.314 e. The third-order valence-corrected chi connectivity index (χ3v) is 11.0. The number of hydrogen-bond donors (Lipinski definition) is 2. The number of nitrogens with zero attached hydrogens (tertiary/aromatic N) is 2. The first-order valence-corrected chi connectivity index (χ1v) is 16.4. The van der Waals surface area contributed by atoms with E-state index in [0.29, 0.717) is 34.6 Å². The molecule has 4 bridgehead atoms. The molecule has 0 spiro atoms. The van der Waals surface area contributed by atoms with Crippen LogP contribution in [0.25, 0.3) is 10.9 Å². The molecule has 7 rings (SSSR count). The van der Waals surface area contributed by atoms with Gasteiger partial charge in [-0.3, -0.25) is 24.3 Å². The van der Waals surface area contributed by atoms with E-state index in [4.69, 9.17) is 0 Å². The van der Waals surface area contributed by atoms with Crippen molar-refractivity contribution in [1.82, 2.24) is 20.2 Å². The lowest BCUT2D eigenvalue weighted by Gasteiger charge is -2.59. The van der Waals surface area contributed by atoms with E-state index in [1.165, 1.54) is 75.2 Å². The Kier molecular flexibility index (Phi) is 8.35. The second-order valence-electron chi connectivity index (χ2n) is 14.0. The molecule has 0 radical (unpaired) electrons. The molecule has 5 fully saturated rings. The molecule has 1 saturated heterocycles. The van der Waals surface area contributed by atoms with Crippen molar-refractivity contribution in [1.29, 1.82) is 0 Å². The van der Waals surface area contributed by atoms with Crippen LogP contribution >= 0.6 is 0 Å². The molecule has 4 saturated carbocycles. The number of aromatic nitrogens is 2. The standard InChI is InChI=1S/C34H48N4O3/c1-22(34-19-25-15-26(20-34)17-27(16-25)21-34)35-14-8-6-4-3-5-7-9-24-10-11-29-28(18-24)33(41)38(23(2)36-29)30-12-13-31(39)37-32(30)40/h10-11,18,22,25-27,30,35H,3-9,12-17,19-21H2,1-2H3,(H,37,39,40). The molecule has 222 valence electrons. The van der Waals surface area contributed by atoms with Crippen molar-refractivity contribution in [2.75, 3.05) is 6.54 Å². The molecule has 5 aliphatic rings. The molecule has 1 aromatic heterocycles. The predicted octanol–water partition coefficient (Wildman–Crippen LogP) is 5.76. The molecule has 1 aliphatic heterocycles. The highest BCUT2D eigenvalue weighted by atomic mass is 16.2. The minimum atomic E-state index is -0.684. The van der Waals surface area contributed by atoms with Crippen molar-refractivity contribution >= 4 is 22.7 Å². The number of aryl methyl sites for hydroxylation is 2. The first-order chi connectivity index (χ1) is 19.8. The summed E-state index contributed by atoms with van der Waals surface area (Å²) in [6.07, 6.45) is 17.9. The fraction of sp³-hybridized carbons (Fsp3) is 0.706. The maximum Gasteiger partial charge on any atom is 0.262 e. The van der Waals surface area contributed by atoms with Crippen LogP contribution < -0.4 is 16.2 Å². The van der Waals surface area contributed by atoms with Gasteiger partial charge in [0.2, 0.25) is 11.8 Å². The van der Waals surface area contributed by atoms with E-state index in [2.05, 4.69) is 28.6 Å². The van der Waals surface area contributed by atoms with Crippen LogP contribution in [0.4, 0.5) is 0 Å². The third-order valence-electron chi connectivity index (χ3n) is 11.0. The van der Waals surface area contributed by atoms with Crippen molar-refractivity contribution in [3.05, 3.63) is 39.9 Å². The normalized spacial score (nSPS) is 29.7. The monoisotopic (exact) mass is 560 g/mol. The summed E-state index contributed by atoms with van der Waals surface area (Å²) in [6.45, 7) is 5.38. The first-order valence-electron chi connectivity index (χ1n) is 16.4. The van der Waals surface area contributed by atoms with Gasteiger partial charge in [0.1, 0.15) is 11.9 Å². The van der Waals surface area contributed by atoms with Crippen molar-refractivity contribution in [3.8, 4) is 0 Å². The molecule has 7 heteroatoms. The minimum absolute atomic E-state index is 0.199. The number of hydrogen-bond acceptors (Lipinski definition) is 5. The van der Waals surface area contributed by atoms with Crippen molar-refractivity contribution < 1.29 is 9.59 Å². The van der Waals surface area contributed by atoms with E-state index in [9.17, 15) is 14.4 Å². The number of unbranched alkanes of at least 4 members (excludes halogenated alkanes) is 5. The Balaban J connectivity index is 0.922. The average molecular weight is 561 g/mol. The van der Waals surface area contributed by atoms with Crippen LogP contribution in [0.3, 0.4) is 0 Å². The Bertz CT molecular complexity index is 1310. The molecule has 1 aromatic carbocycles. The summed E-state index contributed by atoms with van der Waals surface area (Å²) in [5.74, 6) is 2.87. The molecule has 2 atom stereocenters. The highest BCUT2D eigenvalue weighted by Gasteiger charge is 2.52. The number of amides is 2. The third kappa shape index (κ3) is 6.02. The van der Waals surface area contributed by atoms with Crippen LogP contribution in [-0.2, 0) is 16.0 Å². The van der Waals surface area contributed by atoms with Gasteiger partial charge < -0.3 is 5.32 Å². The van der Waals surface area contributed by atoms with Crippen LogP contribution in [0.2, 0.25) is 0 Å². The van der Waals surface area contributed by atoms with Gasteiger partial charge in [-0.2, -0.15) is 0 Å². The minimum Gasteiger partial charge on any atom is -0.314 e. The van der Waals surface area contributed by atoms with E-state index in [-0.39, 0.29) is 17.9 Å². The Morgan fingerprint density at radius 3 is 2.32 bits per heavy atom. The maximum absolute atomic E-state index is 13.4. The number of carbonyl (C=O) groups excluding carboxylic acids is 2. The van der Waals surface area contributed by atoms with E-state index in [1.807, 2.05) is 12.1 Å². The van der Waals surface area contributed by atoms with Gasteiger partial charge in [-0.25, -0.2) is 4.98 Å². The summed E-state index contributed by atoms with van der Waals surface area (Å²) in [7, 11) is 0. The topological polar surface area (TPSA) is 93.1 Å². The molecular weight excluding hydrogens is 512 g/mol. The summed E-state index contributed by atoms with van der Waals surface area (Å²) >= 11 is 0. The van der Waals surface area contributed by atoms with Crippen LogP contribution in [0.1, 0.15) is 114 Å². The van der Waals surface area contributed by atoms with Gasteiger partial charge in [0.05, 0.1) is 10.9 Å². The van der Waals surface area contributed by atoms with Gasteiger partial charge in [-0.05, 0) is 125 Å². The Morgan fingerprint density at radius 1 is 0.976 bits per heavy atom. The van der Waals surface area contributed by atoms with Crippen LogP contribution in [0, 0.1) is 30.1 Å². The highest BCUT2D eigenvalue weighted by Crippen LogP contribution is 2.61. The zero-order chi connectivity index (χ0) is 28.6. The number of carbonyl (C=O) groups is 2. The maximum atomic E-state index is 13.4. The highest BCUT2D eigenvalue weighted by molar-refractivity contribution is 5.99. The molecular formula is C34H48N4O3. The van der Waals surface area contributed by atoms with E-state index in [0.717, 1.165) is 42.7 Å². The molecule has 2 unspecified atom stereocenters. The van der Waals surface area contributed by atoms with Gasteiger partial charge in [-0.15, -0.1) is 0 Å². The number of piperidine rings is 1. The van der Waals surface area contributed by atoms with Gasteiger partial charge in [0.15, 0.2) is 0 Å².